The van der Waals surface area contributed by atoms with E-state index in [0.29, 0.717) is 12.6 Å². The summed E-state index contributed by atoms with van der Waals surface area (Å²) in [6.07, 6.45) is 3.06. The Morgan fingerprint density at radius 1 is 1.44 bits per heavy atom. The highest BCUT2D eigenvalue weighted by Crippen LogP contribution is 2.02. The average Bonchev–Trinajstić information content (AvgIpc) is 2.80. The first-order chi connectivity index (χ1) is 8.59. The van der Waals surface area contributed by atoms with E-state index in [4.69, 9.17) is 4.74 Å². The lowest BCUT2D eigenvalue weighted by molar-refractivity contribution is 0.188. The molecule has 2 N–H and O–H groups in total. The summed E-state index contributed by atoms with van der Waals surface area (Å²) < 4.78 is 5.20. The Balaban J connectivity index is 1.95. The molecule has 1 rings (SSSR count). The van der Waals surface area contributed by atoms with Gasteiger partial charge in [0.15, 0.2) is 0 Å². The van der Waals surface area contributed by atoms with Gasteiger partial charge < -0.3 is 20.3 Å². The highest BCUT2D eigenvalue weighted by atomic mass is 16.5. The third-order valence-corrected chi connectivity index (χ3v) is 3.37. The van der Waals surface area contributed by atoms with Crippen molar-refractivity contribution in [3.05, 3.63) is 0 Å². The van der Waals surface area contributed by atoms with Crippen LogP contribution >= 0.6 is 0 Å². The highest BCUT2D eigenvalue weighted by Gasteiger charge is 2.17. The molecule has 1 fully saturated rings. The maximum atomic E-state index is 11.5. The van der Waals surface area contributed by atoms with Gasteiger partial charge in [-0.15, -0.1) is 0 Å². The first-order valence-electron chi connectivity index (χ1n) is 6.92. The predicted molar refractivity (Wildman–Crippen MR) is 72.8 cm³/mol. The summed E-state index contributed by atoms with van der Waals surface area (Å²) in [6, 6.07) is 0.711. The van der Waals surface area contributed by atoms with Gasteiger partial charge >= 0.3 is 6.03 Å². The van der Waals surface area contributed by atoms with Crippen molar-refractivity contribution in [3.63, 3.8) is 0 Å². The van der Waals surface area contributed by atoms with Crippen molar-refractivity contribution in [1.29, 1.82) is 0 Å². The van der Waals surface area contributed by atoms with Crippen molar-refractivity contribution in [2.24, 2.45) is 0 Å². The summed E-state index contributed by atoms with van der Waals surface area (Å²) in [5.74, 6) is 0. The minimum atomic E-state index is -0.0669. The molecule has 1 aliphatic rings. The number of ether oxygens (including phenoxy) is 1. The van der Waals surface area contributed by atoms with E-state index in [-0.39, 0.29) is 12.1 Å². The molecule has 0 bridgehead atoms. The Labute approximate surface area is 110 Å². The minimum Gasteiger partial charge on any atom is -0.379 e. The fourth-order valence-electron chi connectivity index (χ4n) is 1.83. The normalized spacial score (nSPS) is 19.5. The van der Waals surface area contributed by atoms with E-state index < -0.39 is 0 Å². The number of unbranched alkanes of at least 4 members (excludes halogenated alkanes) is 1. The van der Waals surface area contributed by atoms with Crippen LogP contribution in [-0.2, 0) is 4.74 Å². The fourth-order valence-corrected chi connectivity index (χ4v) is 1.83. The fraction of sp³-hybridized carbons (Fsp3) is 0.923. The van der Waals surface area contributed by atoms with Gasteiger partial charge in [-0.05, 0) is 46.7 Å². The van der Waals surface area contributed by atoms with Crippen molar-refractivity contribution in [1.82, 2.24) is 15.5 Å². The zero-order valence-corrected chi connectivity index (χ0v) is 11.9. The third kappa shape index (κ3) is 6.21. The van der Waals surface area contributed by atoms with Gasteiger partial charge in [-0.3, -0.25) is 0 Å². The second kappa shape index (κ2) is 8.32. The number of hydrogen-bond donors (Lipinski definition) is 2. The van der Waals surface area contributed by atoms with Crippen LogP contribution in [-0.4, -0.2) is 56.4 Å². The zero-order valence-electron chi connectivity index (χ0n) is 11.9. The molecule has 0 aromatic heterocycles. The molecule has 106 valence electrons. The van der Waals surface area contributed by atoms with Gasteiger partial charge in [0.2, 0.25) is 0 Å². The van der Waals surface area contributed by atoms with Crippen molar-refractivity contribution in [3.8, 4) is 0 Å². The number of nitrogens with zero attached hydrogens (tertiary/aromatic N) is 1. The van der Waals surface area contributed by atoms with Crippen LogP contribution in [0.1, 0.15) is 33.1 Å². The van der Waals surface area contributed by atoms with Crippen LogP contribution in [0.4, 0.5) is 4.79 Å². The lowest BCUT2D eigenvalue weighted by Crippen LogP contribution is -2.42. The predicted octanol–water partition coefficient (Wildman–Crippen LogP) is 1.19. The second-order valence-corrected chi connectivity index (χ2v) is 5.24. The standard InChI is InChI=1S/C13H27N3O2/c1-11(2)16(3)8-5-4-7-14-13(17)15-12-6-9-18-10-12/h11-12H,4-10H2,1-3H3,(H2,14,15,17). The molecule has 0 spiro atoms. The monoisotopic (exact) mass is 257 g/mol. The number of nitrogens with one attached hydrogen (secondary N) is 2. The molecule has 0 aliphatic carbocycles. The summed E-state index contributed by atoms with van der Waals surface area (Å²) in [7, 11) is 2.13. The van der Waals surface area contributed by atoms with Crippen LogP contribution in [0.2, 0.25) is 0 Å². The Bertz CT molecular complexity index is 240. The molecule has 0 aromatic carbocycles. The Morgan fingerprint density at radius 3 is 2.83 bits per heavy atom. The molecule has 1 saturated heterocycles. The smallest absolute Gasteiger partial charge is 0.315 e. The van der Waals surface area contributed by atoms with E-state index in [0.717, 1.165) is 39.0 Å². The molecule has 5 nitrogen and oxygen atoms in total. The van der Waals surface area contributed by atoms with Gasteiger partial charge in [-0.25, -0.2) is 4.79 Å². The van der Waals surface area contributed by atoms with Crippen LogP contribution in [0.3, 0.4) is 0 Å². The number of rotatable bonds is 7. The zero-order chi connectivity index (χ0) is 13.4. The van der Waals surface area contributed by atoms with E-state index in [9.17, 15) is 4.79 Å². The number of urea groups is 1. The molecule has 0 radical (unpaired) electrons. The highest BCUT2D eigenvalue weighted by molar-refractivity contribution is 5.74. The maximum Gasteiger partial charge on any atom is 0.315 e. The number of carbonyl (C=O) groups excluding carboxylic acids is 1. The van der Waals surface area contributed by atoms with E-state index >= 15 is 0 Å². The van der Waals surface area contributed by atoms with E-state index in [2.05, 4.69) is 36.4 Å². The van der Waals surface area contributed by atoms with Crippen molar-refractivity contribution < 1.29 is 9.53 Å². The summed E-state index contributed by atoms with van der Waals surface area (Å²) >= 11 is 0. The van der Waals surface area contributed by atoms with E-state index in [1.807, 2.05) is 0 Å². The minimum absolute atomic E-state index is 0.0669. The average molecular weight is 257 g/mol. The van der Waals surface area contributed by atoms with Crippen LogP contribution in [0.25, 0.3) is 0 Å². The molecule has 0 saturated carbocycles. The lowest BCUT2D eigenvalue weighted by Gasteiger charge is -2.20. The number of carbonyl (C=O) groups is 1. The van der Waals surface area contributed by atoms with Gasteiger partial charge in [0.25, 0.3) is 0 Å². The van der Waals surface area contributed by atoms with Crippen LogP contribution in [0.5, 0.6) is 0 Å². The van der Waals surface area contributed by atoms with Gasteiger partial charge in [0, 0.05) is 19.2 Å². The molecule has 1 aliphatic heterocycles. The Kier molecular flexibility index (Phi) is 7.05. The van der Waals surface area contributed by atoms with Crippen LogP contribution < -0.4 is 10.6 Å². The van der Waals surface area contributed by atoms with E-state index in [1.165, 1.54) is 0 Å². The molecule has 0 aromatic rings. The quantitative estimate of drug-likeness (QED) is 0.674. The topological polar surface area (TPSA) is 53.6 Å². The molecule has 1 unspecified atom stereocenters. The van der Waals surface area contributed by atoms with Crippen LogP contribution in [0.15, 0.2) is 0 Å². The Morgan fingerprint density at radius 2 is 2.22 bits per heavy atom. The molecular weight excluding hydrogens is 230 g/mol. The molecular formula is C13H27N3O2. The van der Waals surface area contributed by atoms with Crippen molar-refractivity contribution in [2.45, 2.75) is 45.2 Å². The largest absolute Gasteiger partial charge is 0.379 e. The molecule has 1 heterocycles. The van der Waals surface area contributed by atoms with E-state index in [1.54, 1.807) is 0 Å². The van der Waals surface area contributed by atoms with Gasteiger partial charge in [0.1, 0.15) is 0 Å². The number of hydrogen-bond acceptors (Lipinski definition) is 3. The summed E-state index contributed by atoms with van der Waals surface area (Å²) in [4.78, 5) is 13.8. The van der Waals surface area contributed by atoms with Crippen molar-refractivity contribution >= 4 is 6.03 Å². The molecule has 18 heavy (non-hydrogen) atoms. The lowest BCUT2D eigenvalue weighted by atomic mass is 10.2. The first-order valence-corrected chi connectivity index (χ1v) is 6.92. The van der Waals surface area contributed by atoms with Gasteiger partial charge in [0.05, 0.1) is 12.6 Å². The van der Waals surface area contributed by atoms with Crippen molar-refractivity contribution in [2.75, 3.05) is 33.4 Å². The second-order valence-electron chi connectivity index (χ2n) is 5.24. The van der Waals surface area contributed by atoms with Gasteiger partial charge in [-0.2, -0.15) is 0 Å². The Hall–Kier alpha value is -0.810. The summed E-state index contributed by atoms with van der Waals surface area (Å²) in [6.45, 7) is 7.60. The third-order valence-electron chi connectivity index (χ3n) is 3.37. The van der Waals surface area contributed by atoms with Crippen LogP contribution in [0, 0.1) is 0 Å². The molecule has 1 atom stereocenters. The summed E-state index contributed by atoms with van der Waals surface area (Å²) in [5.41, 5.74) is 0. The SMILES string of the molecule is CC(C)N(C)CCCCNC(=O)NC1CCOC1. The summed E-state index contributed by atoms with van der Waals surface area (Å²) in [5, 5.41) is 5.80. The maximum absolute atomic E-state index is 11.5. The molecule has 2 amide bonds. The first kappa shape index (κ1) is 15.2. The van der Waals surface area contributed by atoms with Gasteiger partial charge in [-0.1, -0.05) is 0 Å². The molecule has 5 heteroatoms. The number of amides is 2.